The molecular formula is C18H19NO3. The maximum atomic E-state index is 12.5. The van der Waals surface area contributed by atoms with E-state index < -0.39 is 0 Å². The van der Waals surface area contributed by atoms with Crippen LogP contribution >= 0.6 is 0 Å². The van der Waals surface area contributed by atoms with Gasteiger partial charge in [-0.25, -0.2) is 0 Å². The van der Waals surface area contributed by atoms with Crippen molar-refractivity contribution in [2.24, 2.45) is 0 Å². The predicted octanol–water partition coefficient (Wildman–Crippen LogP) is 3.58. The number of para-hydroxylation sites is 1. The topological polar surface area (TPSA) is 47.6 Å². The first-order chi connectivity index (χ1) is 10.7. The summed E-state index contributed by atoms with van der Waals surface area (Å²) in [6.45, 7) is 5.13. The van der Waals surface area contributed by atoms with Crippen molar-refractivity contribution in [1.82, 2.24) is 0 Å². The molecule has 22 heavy (non-hydrogen) atoms. The van der Waals surface area contributed by atoms with Gasteiger partial charge in [0.15, 0.2) is 11.5 Å². The Morgan fingerprint density at radius 2 is 1.91 bits per heavy atom. The monoisotopic (exact) mass is 297 g/mol. The van der Waals surface area contributed by atoms with Crippen LogP contribution in [0, 0.1) is 6.92 Å². The minimum absolute atomic E-state index is 0.138. The van der Waals surface area contributed by atoms with Crippen LogP contribution in [0.5, 0.6) is 11.5 Å². The molecule has 0 saturated heterocycles. The molecule has 0 bridgehead atoms. The highest BCUT2D eigenvalue weighted by molar-refractivity contribution is 6.05. The fourth-order valence-corrected chi connectivity index (χ4v) is 2.57. The SMILES string of the molecule is CCc1cccc(C)c1NC(=O)c1ccc2c(c1)OCCO2. The fourth-order valence-electron chi connectivity index (χ4n) is 2.57. The third kappa shape index (κ3) is 2.77. The van der Waals surface area contributed by atoms with Gasteiger partial charge < -0.3 is 14.8 Å². The third-order valence-electron chi connectivity index (χ3n) is 3.78. The molecule has 2 aromatic carbocycles. The molecule has 1 heterocycles. The Bertz CT molecular complexity index is 709. The standard InChI is InChI=1S/C18H19NO3/c1-3-13-6-4-5-12(2)17(13)19-18(20)14-7-8-15-16(11-14)22-10-9-21-15/h4-8,11H,3,9-10H2,1-2H3,(H,19,20). The van der Waals surface area contributed by atoms with Gasteiger partial charge in [0.05, 0.1) is 0 Å². The van der Waals surface area contributed by atoms with E-state index in [1.54, 1.807) is 18.2 Å². The number of ether oxygens (including phenoxy) is 2. The number of benzene rings is 2. The number of amides is 1. The summed E-state index contributed by atoms with van der Waals surface area (Å²) in [5.74, 6) is 1.17. The van der Waals surface area contributed by atoms with Gasteiger partial charge in [-0.1, -0.05) is 25.1 Å². The molecule has 0 saturated carbocycles. The number of hydrogen-bond acceptors (Lipinski definition) is 3. The maximum Gasteiger partial charge on any atom is 0.255 e. The maximum absolute atomic E-state index is 12.5. The molecule has 0 aliphatic carbocycles. The van der Waals surface area contributed by atoms with Gasteiger partial charge in [0, 0.05) is 11.3 Å². The summed E-state index contributed by atoms with van der Waals surface area (Å²) in [5.41, 5.74) is 3.65. The Hall–Kier alpha value is -2.49. The number of aryl methyl sites for hydroxylation is 2. The number of carbonyl (C=O) groups excluding carboxylic acids is 1. The fraction of sp³-hybridized carbons (Fsp3) is 0.278. The van der Waals surface area contributed by atoms with Crippen molar-refractivity contribution in [3.63, 3.8) is 0 Å². The van der Waals surface area contributed by atoms with E-state index in [-0.39, 0.29) is 5.91 Å². The third-order valence-corrected chi connectivity index (χ3v) is 3.78. The highest BCUT2D eigenvalue weighted by Gasteiger charge is 2.16. The summed E-state index contributed by atoms with van der Waals surface area (Å²) < 4.78 is 11.0. The molecular weight excluding hydrogens is 278 g/mol. The van der Waals surface area contributed by atoms with Crippen molar-refractivity contribution in [1.29, 1.82) is 0 Å². The first-order valence-corrected chi connectivity index (χ1v) is 7.48. The van der Waals surface area contributed by atoms with Crippen molar-refractivity contribution in [2.45, 2.75) is 20.3 Å². The first kappa shape index (κ1) is 14.4. The Balaban J connectivity index is 1.86. The van der Waals surface area contributed by atoms with Crippen molar-refractivity contribution in [3.05, 3.63) is 53.1 Å². The van der Waals surface area contributed by atoms with Crippen LogP contribution in [0.1, 0.15) is 28.4 Å². The molecule has 2 aromatic rings. The van der Waals surface area contributed by atoms with Gasteiger partial charge in [-0.05, 0) is 42.7 Å². The molecule has 0 fully saturated rings. The number of carbonyl (C=O) groups is 1. The van der Waals surface area contributed by atoms with Crippen molar-refractivity contribution < 1.29 is 14.3 Å². The lowest BCUT2D eigenvalue weighted by Crippen LogP contribution is -2.18. The molecule has 0 radical (unpaired) electrons. The van der Waals surface area contributed by atoms with Gasteiger partial charge in [-0.15, -0.1) is 0 Å². The summed E-state index contributed by atoms with van der Waals surface area (Å²) in [4.78, 5) is 12.5. The number of anilines is 1. The second-order valence-electron chi connectivity index (χ2n) is 5.28. The molecule has 1 aliphatic heterocycles. The molecule has 114 valence electrons. The number of nitrogens with one attached hydrogen (secondary N) is 1. The molecule has 0 spiro atoms. The second kappa shape index (κ2) is 6.10. The zero-order valence-corrected chi connectivity index (χ0v) is 12.8. The minimum Gasteiger partial charge on any atom is -0.486 e. The van der Waals surface area contributed by atoms with E-state index in [4.69, 9.17) is 9.47 Å². The van der Waals surface area contributed by atoms with Crippen LogP contribution in [0.25, 0.3) is 0 Å². The van der Waals surface area contributed by atoms with Crippen LogP contribution < -0.4 is 14.8 Å². The largest absolute Gasteiger partial charge is 0.486 e. The molecule has 1 aliphatic rings. The number of fused-ring (bicyclic) bond motifs is 1. The van der Waals surface area contributed by atoms with E-state index in [1.807, 2.05) is 25.1 Å². The smallest absolute Gasteiger partial charge is 0.255 e. The summed E-state index contributed by atoms with van der Waals surface area (Å²) in [7, 11) is 0. The summed E-state index contributed by atoms with van der Waals surface area (Å²) >= 11 is 0. The van der Waals surface area contributed by atoms with Gasteiger partial charge in [0.2, 0.25) is 0 Å². The Morgan fingerprint density at radius 1 is 1.14 bits per heavy atom. The van der Waals surface area contributed by atoms with E-state index >= 15 is 0 Å². The van der Waals surface area contributed by atoms with Crippen LogP contribution in [0.3, 0.4) is 0 Å². The normalized spacial score (nSPS) is 12.8. The van der Waals surface area contributed by atoms with Gasteiger partial charge >= 0.3 is 0 Å². The molecule has 1 amide bonds. The van der Waals surface area contributed by atoms with E-state index in [1.165, 1.54) is 0 Å². The number of rotatable bonds is 3. The van der Waals surface area contributed by atoms with Crippen LogP contribution in [0.15, 0.2) is 36.4 Å². The van der Waals surface area contributed by atoms with Crippen LogP contribution in [-0.4, -0.2) is 19.1 Å². The van der Waals surface area contributed by atoms with Gasteiger partial charge in [-0.3, -0.25) is 4.79 Å². The Morgan fingerprint density at radius 3 is 2.68 bits per heavy atom. The van der Waals surface area contributed by atoms with Crippen LogP contribution in [0.2, 0.25) is 0 Å². The lowest BCUT2D eigenvalue weighted by atomic mass is 10.1. The Kier molecular flexibility index (Phi) is 4.00. The lowest BCUT2D eigenvalue weighted by molar-refractivity contribution is 0.102. The predicted molar refractivity (Wildman–Crippen MR) is 85.9 cm³/mol. The second-order valence-corrected chi connectivity index (χ2v) is 5.28. The van der Waals surface area contributed by atoms with E-state index in [2.05, 4.69) is 12.2 Å². The van der Waals surface area contributed by atoms with Crippen molar-refractivity contribution >= 4 is 11.6 Å². The van der Waals surface area contributed by atoms with Gasteiger partial charge in [-0.2, -0.15) is 0 Å². The summed E-state index contributed by atoms with van der Waals surface area (Å²) in [6.07, 6.45) is 0.873. The van der Waals surface area contributed by atoms with Crippen molar-refractivity contribution in [2.75, 3.05) is 18.5 Å². The molecule has 0 atom stereocenters. The average molecular weight is 297 g/mol. The average Bonchev–Trinajstić information content (AvgIpc) is 2.56. The molecule has 0 unspecified atom stereocenters. The molecule has 4 heteroatoms. The molecule has 1 N–H and O–H groups in total. The quantitative estimate of drug-likeness (QED) is 0.942. The molecule has 3 rings (SSSR count). The van der Waals surface area contributed by atoms with Crippen LogP contribution in [-0.2, 0) is 6.42 Å². The highest BCUT2D eigenvalue weighted by Crippen LogP contribution is 2.31. The zero-order chi connectivity index (χ0) is 15.5. The Labute approximate surface area is 130 Å². The first-order valence-electron chi connectivity index (χ1n) is 7.48. The number of hydrogen-bond donors (Lipinski definition) is 1. The molecule has 4 nitrogen and oxygen atoms in total. The van der Waals surface area contributed by atoms with E-state index in [9.17, 15) is 4.79 Å². The highest BCUT2D eigenvalue weighted by atomic mass is 16.6. The summed E-state index contributed by atoms with van der Waals surface area (Å²) in [5, 5.41) is 3.02. The van der Waals surface area contributed by atoms with E-state index in [0.717, 1.165) is 23.2 Å². The van der Waals surface area contributed by atoms with Gasteiger partial charge in [0.1, 0.15) is 13.2 Å². The van der Waals surface area contributed by atoms with E-state index in [0.29, 0.717) is 30.3 Å². The zero-order valence-electron chi connectivity index (χ0n) is 12.8. The lowest BCUT2D eigenvalue weighted by Gasteiger charge is -2.19. The van der Waals surface area contributed by atoms with Crippen LogP contribution in [0.4, 0.5) is 5.69 Å². The molecule has 0 aromatic heterocycles. The van der Waals surface area contributed by atoms with Gasteiger partial charge in [0.25, 0.3) is 5.91 Å². The summed E-state index contributed by atoms with van der Waals surface area (Å²) in [6, 6.07) is 11.3. The minimum atomic E-state index is -0.138. The van der Waals surface area contributed by atoms with Crippen molar-refractivity contribution in [3.8, 4) is 11.5 Å².